The largest absolute Gasteiger partial charge is 0.416 e. The van der Waals surface area contributed by atoms with Crippen LogP contribution in [0.25, 0.3) is 0 Å². The smallest absolute Gasteiger partial charge is 0.292 e. The number of alkyl halides is 3. The molecule has 0 radical (unpaired) electrons. The van der Waals surface area contributed by atoms with Crippen LogP contribution < -0.4 is 5.14 Å². The van der Waals surface area contributed by atoms with Crippen LogP contribution in [0.1, 0.15) is 22.3 Å². The van der Waals surface area contributed by atoms with Gasteiger partial charge in [0.1, 0.15) is 10.7 Å². The molecule has 2 aromatic carbocycles. The van der Waals surface area contributed by atoms with E-state index in [2.05, 4.69) is 4.99 Å². The van der Waals surface area contributed by atoms with Crippen LogP contribution in [0.3, 0.4) is 0 Å². The summed E-state index contributed by atoms with van der Waals surface area (Å²) in [6, 6.07) is 7.16. The normalized spacial score (nSPS) is 19.8. The van der Waals surface area contributed by atoms with E-state index in [0.29, 0.717) is 11.1 Å². The van der Waals surface area contributed by atoms with Gasteiger partial charge in [-0.25, -0.2) is 17.9 Å². The zero-order valence-electron chi connectivity index (χ0n) is 14.7. The van der Waals surface area contributed by atoms with Gasteiger partial charge in [0.2, 0.25) is 10.0 Å². The highest BCUT2D eigenvalue weighted by Gasteiger charge is 2.37. The topological polar surface area (TPSA) is 72.5 Å². The summed E-state index contributed by atoms with van der Waals surface area (Å²) in [5.74, 6) is -1.04. The molecule has 2 N–H and O–H groups in total. The zero-order valence-corrected chi connectivity index (χ0v) is 15.5. The number of benzene rings is 2. The number of nitrogens with zero attached hydrogens (tertiary/aromatic N) is 1. The molecule has 148 valence electrons. The highest BCUT2D eigenvalue weighted by atomic mass is 32.2. The molecule has 1 aliphatic rings. The molecule has 28 heavy (non-hydrogen) atoms. The Labute approximate surface area is 159 Å². The number of allylic oxidation sites excluding steroid dienone is 1. The summed E-state index contributed by atoms with van der Waals surface area (Å²) in [5, 5.41) is 5.00. The van der Waals surface area contributed by atoms with Crippen molar-refractivity contribution in [3.05, 3.63) is 76.6 Å². The molecule has 1 atom stereocenters. The number of aryl methyl sites for hydroxylation is 1. The van der Waals surface area contributed by atoms with Crippen molar-refractivity contribution in [2.75, 3.05) is 6.54 Å². The fraction of sp³-hybridized carbons (Fsp3) is 0.211. The van der Waals surface area contributed by atoms with E-state index in [1.807, 2.05) is 0 Å². The molecule has 9 heteroatoms. The lowest BCUT2D eigenvalue weighted by molar-refractivity contribution is -0.138. The Bertz CT molecular complexity index is 1090. The van der Waals surface area contributed by atoms with E-state index in [1.165, 1.54) is 31.3 Å². The van der Waals surface area contributed by atoms with Crippen LogP contribution in [-0.2, 0) is 21.6 Å². The molecular formula is C19H16F4N2O2S. The molecule has 1 heterocycles. The Balaban J connectivity index is 2.19. The van der Waals surface area contributed by atoms with E-state index >= 15 is 0 Å². The molecule has 1 unspecified atom stereocenters. The number of dihydropyridines is 1. The minimum Gasteiger partial charge on any atom is -0.292 e. The third-order valence-corrected chi connectivity index (χ3v) is 5.66. The van der Waals surface area contributed by atoms with E-state index in [0.717, 1.165) is 18.2 Å². The van der Waals surface area contributed by atoms with E-state index in [-0.39, 0.29) is 12.1 Å². The van der Waals surface area contributed by atoms with Crippen LogP contribution in [0.4, 0.5) is 17.6 Å². The van der Waals surface area contributed by atoms with E-state index in [9.17, 15) is 26.0 Å². The van der Waals surface area contributed by atoms with Crippen LogP contribution >= 0.6 is 0 Å². The van der Waals surface area contributed by atoms with Crippen molar-refractivity contribution in [3.63, 3.8) is 0 Å². The maximum absolute atomic E-state index is 14.4. The fourth-order valence-corrected chi connectivity index (χ4v) is 3.92. The summed E-state index contributed by atoms with van der Waals surface area (Å²) >= 11 is 0. The summed E-state index contributed by atoms with van der Waals surface area (Å²) < 4.78 is 76.6. The first-order valence-corrected chi connectivity index (χ1v) is 9.68. The van der Waals surface area contributed by atoms with Crippen LogP contribution in [0.2, 0.25) is 0 Å². The zero-order chi connectivity index (χ0) is 20.7. The molecule has 4 nitrogen and oxygen atoms in total. The van der Waals surface area contributed by atoms with Gasteiger partial charge in [0, 0.05) is 6.21 Å². The van der Waals surface area contributed by atoms with Crippen molar-refractivity contribution < 1.29 is 26.0 Å². The maximum Gasteiger partial charge on any atom is 0.416 e. The number of hydrogen-bond acceptors (Lipinski definition) is 3. The summed E-state index contributed by atoms with van der Waals surface area (Å²) in [6.07, 6.45) is 0.360. The van der Waals surface area contributed by atoms with Gasteiger partial charge < -0.3 is 0 Å². The van der Waals surface area contributed by atoms with E-state index < -0.39 is 37.9 Å². The fourth-order valence-electron chi connectivity index (χ4n) is 3.33. The van der Waals surface area contributed by atoms with E-state index in [4.69, 9.17) is 5.14 Å². The summed E-state index contributed by atoms with van der Waals surface area (Å²) in [6.45, 7) is 1.48. The third kappa shape index (κ3) is 3.59. The predicted octanol–water partition coefficient (Wildman–Crippen LogP) is 3.73. The maximum atomic E-state index is 14.4. The highest BCUT2D eigenvalue weighted by Crippen LogP contribution is 2.39. The number of primary sulfonamides is 1. The third-order valence-electron chi connectivity index (χ3n) is 4.71. The number of aliphatic imine (C=N–C) groups is 1. The van der Waals surface area contributed by atoms with Gasteiger partial charge in [-0.1, -0.05) is 24.3 Å². The standard InChI is InChI=1S/C19H16F4N2O2S/c1-12-9-13(3-5-15(12)19(21,22)23)18(7-2-8-25-11-18)14-4-6-17(16(20)10-14)28(24,26)27/h2-10H,11H2,1H3,(H2,24,26,27). The molecule has 0 amide bonds. The van der Waals surface area contributed by atoms with Gasteiger partial charge in [0.15, 0.2) is 0 Å². The molecule has 0 aliphatic carbocycles. The number of sulfonamides is 1. The molecule has 0 saturated carbocycles. The van der Waals surface area contributed by atoms with Crippen LogP contribution in [-0.4, -0.2) is 21.2 Å². The minimum absolute atomic E-state index is 0.0222. The van der Waals surface area contributed by atoms with Gasteiger partial charge in [-0.15, -0.1) is 0 Å². The van der Waals surface area contributed by atoms with Crippen molar-refractivity contribution in [3.8, 4) is 0 Å². The monoisotopic (exact) mass is 412 g/mol. The SMILES string of the molecule is Cc1cc(C2(c3ccc(S(N)(=O)=O)c(F)c3)C=CC=NC2)ccc1C(F)(F)F. The Morgan fingerprint density at radius 3 is 2.25 bits per heavy atom. The number of halogens is 4. The average Bonchev–Trinajstić information content (AvgIpc) is 2.60. The van der Waals surface area contributed by atoms with Gasteiger partial charge >= 0.3 is 6.18 Å². The Kier molecular flexibility index (Phi) is 4.93. The first-order valence-electron chi connectivity index (χ1n) is 8.14. The van der Waals surface area contributed by atoms with Crippen LogP contribution in [0.15, 0.2) is 58.4 Å². The molecule has 0 aromatic heterocycles. The molecule has 0 spiro atoms. The van der Waals surface area contributed by atoms with E-state index in [1.54, 1.807) is 12.2 Å². The van der Waals surface area contributed by atoms with Crippen molar-refractivity contribution in [2.24, 2.45) is 10.1 Å². The number of rotatable bonds is 3. The van der Waals surface area contributed by atoms with Gasteiger partial charge in [-0.2, -0.15) is 13.2 Å². The first-order chi connectivity index (χ1) is 12.9. The summed E-state index contributed by atoms with van der Waals surface area (Å²) in [5.41, 5.74) is -0.945. The Morgan fingerprint density at radius 1 is 1.11 bits per heavy atom. The second-order valence-electron chi connectivity index (χ2n) is 6.54. The molecule has 0 saturated heterocycles. The lowest BCUT2D eigenvalue weighted by Crippen LogP contribution is -2.31. The van der Waals surface area contributed by atoms with Crippen LogP contribution in [0.5, 0.6) is 0 Å². The van der Waals surface area contributed by atoms with Gasteiger partial charge in [0.25, 0.3) is 0 Å². The molecular weight excluding hydrogens is 396 g/mol. The minimum atomic E-state index is -4.49. The lowest BCUT2D eigenvalue weighted by Gasteiger charge is -2.33. The average molecular weight is 412 g/mol. The predicted molar refractivity (Wildman–Crippen MR) is 97.2 cm³/mol. The molecule has 0 bridgehead atoms. The van der Waals surface area contributed by atoms with Gasteiger partial charge in [0.05, 0.1) is 17.5 Å². The number of hydrogen-bond donors (Lipinski definition) is 1. The Morgan fingerprint density at radius 2 is 1.75 bits per heavy atom. The molecule has 2 aromatic rings. The highest BCUT2D eigenvalue weighted by molar-refractivity contribution is 7.89. The summed E-state index contributed by atoms with van der Waals surface area (Å²) in [4.78, 5) is 3.53. The molecule has 1 aliphatic heterocycles. The van der Waals surface area contributed by atoms with Crippen LogP contribution in [0, 0.1) is 12.7 Å². The second-order valence-corrected chi connectivity index (χ2v) is 8.07. The van der Waals surface area contributed by atoms with Gasteiger partial charge in [-0.05, 0) is 47.9 Å². The summed E-state index contributed by atoms with van der Waals surface area (Å²) in [7, 11) is -4.24. The lowest BCUT2D eigenvalue weighted by atomic mass is 9.73. The van der Waals surface area contributed by atoms with Crippen molar-refractivity contribution in [1.82, 2.24) is 0 Å². The quantitative estimate of drug-likeness (QED) is 0.781. The van der Waals surface area contributed by atoms with Crippen molar-refractivity contribution in [1.29, 1.82) is 0 Å². The molecule has 3 rings (SSSR count). The Hall–Kier alpha value is -2.52. The van der Waals surface area contributed by atoms with Gasteiger partial charge in [-0.3, -0.25) is 4.99 Å². The first kappa shape index (κ1) is 20.2. The van der Waals surface area contributed by atoms with Crippen molar-refractivity contribution >= 4 is 16.2 Å². The molecule has 0 fully saturated rings. The van der Waals surface area contributed by atoms with Crippen molar-refractivity contribution in [2.45, 2.75) is 23.4 Å². The number of nitrogens with two attached hydrogens (primary N) is 1. The second kappa shape index (κ2) is 6.82.